The summed E-state index contributed by atoms with van der Waals surface area (Å²) in [5.74, 6) is -1.45. The van der Waals surface area contributed by atoms with Gasteiger partial charge in [0.1, 0.15) is 12.0 Å². The van der Waals surface area contributed by atoms with Crippen LogP contribution in [0, 0.1) is 17.2 Å². The van der Waals surface area contributed by atoms with Crippen molar-refractivity contribution in [1.82, 2.24) is 0 Å². The van der Waals surface area contributed by atoms with E-state index in [1.54, 1.807) is 24.3 Å². The molecule has 0 bridgehead atoms. The van der Waals surface area contributed by atoms with Crippen LogP contribution in [0.2, 0.25) is 0 Å². The van der Waals surface area contributed by atoms with Crippen molar-refractivity contribution in [2.75, 3.05) is 18.5 Å². The number of nitrogens with one attached hydrogen (secondary N) is 1. The fraction of sp³-hybridized carbons (Fsp3) is 0.333. The zero-order valence-corrected chi connectivity index (χ0v) is 9.09. The molecule has 2 atom stereocenters. The number of carboxylic acid groups (broad SMARTS) is 1. The van der Waals surface area contributed by atoms with Gasteiger partial charge in [0.2, 0.25) is 0 Å². The summed E-state index contributed by atoms with van der Waals surface area (Å²) in [6.07, 6.45) is 0. The van der Waals surface area contributed by atoms with E-state index < -0.39 is 11.9 Å². The average Bonchev–Trinajstić information content (AvgIpc) is 2.78. The number of ether oxygens (including phenoxy) is 1. The monoisotopic (exact) mass is 232 g/mol. The third-order valence-electron chi connectivity index (χ3n) is 2.79. The first-order chi connectivity index (χ1) is 8.22. The number of rotatable bonds is 3. The zero-order chi connectivity index (χ0) is 12.3. The second-order valence-corrected chi connectivity index (χ2v) is 3.89. The van der Waals surface area contributed by atoms with E-state index in [0.29, 0.717) is 17.9 Å². The van der Waals surface area contributed by atoms with Crippen molar-refractivity contribution in [3.63, 3.8) is 0 Å². The highest BCUT2D eigenvalue weighted by Gasteiger charge is 2.34. The Bertz CT molecular complexity index is 467. The molecule has 0 spiro atoms. The lowest BCUT2D eigenvalue weighted by molar-refractivity contribution is -0.141. The van der Waals surface area contributed by atoms with Crippen molar-refractivity contribution in [1.29, 1.82) is 5.26 Å². The Morgan fingerprint density at radius 1 is 1.47 bits per heavy atom. The van der Waals surface area contributed by atoms with Gasteiger partial charge >= 0.3 is 5.97 Å². The summed E-state index contributed by atoms with van der Waals surface area (Å²) in [6.45, 7) is 0.554. The molecule has 5 nitrogen and oxygen atoms in total. The smallest absolute Gasteiger partial charge is 0.311 e. The lowest BCUT2D eigenvalue weighted by Crippen LogP contribution is -2.33. The van der Waals surface area contributed by atoms with Crippen molar-refractivity contribution in [3.05, 3.63) is 29.8 Å². The van der Waals surface area contributed by atoms with E-state index in [1.807, 2.05) is 0 Å². The molecular formula is C12H12N2O3. The number of nitrogens with zero attached hydrogens (tertiary/aromatic N) is 1. The first kappa shape index (κ1) is 11.4. The lowest BCUT2D eigenvalue weighted by Gasteiger charge is -2.17. The van der Waals surface area contributed by atoms with Crippen molar-refractivity contribution in [3.8, 4) is 6.07 Å². The first-order valence-electron chi connectivity index (χ1n) is 5.28. The molecule has 1 aliphatic heterocycles. The molecule has 17 heavy (non-hydrogen) atoms. The Kier molecular flexibility index (Phi) is 3.26. The molecule has 0 saturated carbocycles. The van der Waals surface area contributed by atoms with E-state index in [4.69, 9.17) is 15.1 Å². The topological polar surface area (TPSA) is 82.3 Å². The normalized spacial score (nSPS) is 23.0. The minimum Gasteiger partial charge on any atom is -0.481 e. The van der Waals surface area contributed by atoms with Gasteiger partial charge in [-0.15, -0.1) is 0 Å². The predicted octanol–water partition coefficient (Wildman–Crippen LogP) is 1.07. The molecule has 88 valence electrons. The highest BCUT2D eigenvalue weighted by atomic mass is 16.5. The standard InChI is InChI=1S/C12H12N2O3/c13-5-8-3-1-2-4-10(8)14-11-7-17-6-9(11)12(15)16/h1-4,9,11,14H,6-7H2,(H,15,16). The van der Waals surface area contributed by atoms with Gasteiger partial charge in [-0.3, -0.25) is 4.79 Å². The molecule has 0 aromatic heterocycles. The van der Waals surface area contributed by atoms with Gasteiger partial charge in [0.05, 0.1) is 30.5 Å². The molecule has 1 aromatic rings. The third-order valence-corrected chi connectivity index (χ3v) is 2.79. The molecule has 1 aliphatic rings. The Hall–Kier alpha value is -2.06. The van der Waals surface area contributed by atoms with Crippen LogP contribution in [-0.4, -0.2) is 30.3 Å². The summed E-state index contributed by atoms with van der Waals surface area (Å²) in [4.78, 5) is 11.0. The predicted molar refractivity (Wildman–Crippen MR) is 60.5 cm³/mol. The molecule has 1 aromatic carbocycles. The molecule has 2 N–H and O–H groups in total. The van der Waals surface area contributed by atoms with Crippen LogP contribution >= 0.6 is 0 Å². The Morgan fingerprint density at radius 2 is 2.24 bits per heavy atom. The maximum atomic E-state index is 11.0. The second-order valence-electron chi connectivity index (χ2n) is 3.89. The maximum absolute atomic E-state index is 11.0. The number of nitriles is 1. The van der Waals surface area contributed by atoms with Crippen LogP contribution in [0.5, 0.6) is 0 Å². The minimum absolute atomic E-state index is 0.210. The lowest BCUT2D eigenvalue weighted by atomic mass is 10.0. The molecular weight excluding hydrogens is 220 g/mol. The highest BCUT2D eigenvalue weighted by molar-refractivity contribution is 5.72. The number of carbonyl (C=O) groups is 1. The molecule has 0 amide bonds. The van der Waals surface area contributed by atoms with Gasteiger partial charge in [0.25, 0.3) is 0 Å². The van der Waals surface area contributed by atoms with E-state index in [9.17, 15) is 4.79 Å². The number of carboxylic acids is 1. The number of para-hydroxylation sites is 1. The van der Waals surface area contributed by atoms with Crippen molar-refractivity contribution in [2.24, 2.45) is 5.92 Å². The summed E-state index contributed by atoms with van der Waals surface area (Å²) in [6, 6.07) is 8.79. The number of anilines is 1. The molecule has 1 saturated heterocycles. The van der Waals surface area contributed by atoms with Gasteiger partial charge in [0.15, 0.2) is 0 Å². The summed E-state index contributed by atoms with van der Waals surface area (Å²) in [5, 5.41) is 21.0. The number of benzene rings is 1. The van der Waals surface area contributed by atoms with Crippen LogP contribution in [0.25, 0.3) is 0 Å². The van der Waals surface area contributed by atoms with Crippen molar-refractivity contribution < 1.29 is 14.6 Å². The molecule has 0 aliphatic carbocycles. The van der Waals surface area contributed by atoms with Gasteiger partial charge in [-0.1, -0.05) is 12.1 Å². The first-order valence-corrected chi connectivity index (χ1v) is 5.28. The second kappa shape index (κ2) is 4.85. The van der Waals surface area contributed by atoms with E-state index in [1.165, 1.54) is 0 Å². The van der Waals surface area contributed by atoms with Crippen LogP contribution in [0.3, 0.4) is 0 Å². The van der Waals surface area contributed by atoms with Crippen LogP contribution in [-0.2, 0) is 9.53 Å². The Balaban J connectivity index is 2.15. The molecule has 1 fully saturated rings. The summed E-state index contributed by atoms with van der Waals surface area (Å²) < 4.78 is 5.15. The molecule has 1 heterocycles. The number of hydrogen-bond acceptors (Lipinski definition) is 4. The number of aliphatic carboxylic acids is 1. The van der Waals surface area contributed by atoms with E-state index in [2.05, 4.69) is 11.4 Å². The Labute approximate surface area is 98.6 Å². The van der Waals surface area contributed by atoms with Gasteiger partial charge in [-0.2, -0.15) is 5.26 Å². The molecule has 0 radical (unpaired) electrons. The fourth-order valence-electron chi connectivity index (χ4n) is 1.85. The van der Waals surface area contributed by atoms with Gasteiger partial charge in [-0.25, -0.2) is 0 Å². The summed E-state index contributed by atoms with van der Waals surface area (Å²) in [7, 11) is 0. The quantitative estimate of drug-likeness (QED) is 0.814. The van der Waals surface area contributed by atoms with Gasteiger partial charge in [0, 0.05) is 0 Å². The maximum Gasteiger partial charge on any atom is 0.311 e. The van der Waals surface area contributed by atoms with E-state index in [0.717, 1.165) is 0 Å². The third kappa shape index (κ3) is 2.37. The van der Waals surface area contributed by atoms with Crippen LogP contribution in [0.15, 0.2) is 24.3 Å². The fourth-order valence-corrected chi connectivity index (χ4v) is 1.85. The number of hydrogen-bond donors (Lipinski definition) is 2. The zero-order valence-electron chi connectivity index (χ0n) is 9.09. The molecule has 5 heteroatoms. The highest BCUT2D eigenvalue weighted by Crippen LogP contribution is 2.21. The van der Waals surface area contributed by atoms with Crippen LogP contribution in [0.1, 0.15) is 5.56 Å². The van der Waals surface area contributed by atoms with Gasteiger partial charge < -0.3 is 15.2 Å². The average molecular weight is 232 g/mol. The van der Waals surface area contributed by atoms with E-state index >= 15 is 0 Å². The van der Waals surface area contributed by atoms with Gasteiger partial charge in [-0.05, 0) is 12.1 Å². The van der Waals surface area contributed by atoms with Crippen molar-refractivity contribution >= 4 is 11.7 Å². The van der Waals surface area contributed by atoms with Crippen molar-refractivity contribution in [2.45, 2.75) is 6.04 Å². The Morgan fingerprint density at radius 3 is 2.94 bits per heavy atom. The SMILES string of the molecule is N#Cc1ccccc1NC1COCC1C(=O)O. The summed E-state index contributed by atoms with van der Waals surface area (Å²) >= 11 is 0. The summed E-state index contributed by atoms with van der Waals surface area (Å²) in [5.41, 5.74) is 1.15. The van der Waals surface area contributed by atoms with E-state index in [-0.39, 0.29) is 12.6 Å². The molecule has 2 unspecified atom stereocenters. The largest absolute Gasteiger partial charge is 0.481 e. The van der Waals surface area contributed by atoms with Crippen LogP contribution in [0.4, 0.5) is 5.69 Å². The molecule has 2 rings (SSSR count). The minimum atomic E-state index is -0.880. The van der Waals surface area contributed by atoms with Crippen LogP contribution < -0.4 is 5.32 Å².